The average Bonchev–Trinajstić information content (AvgIpc) is 2.79. The third kappa shape index (κ3) is 3.92. The van der Waals surface area contributed by atoms with Gasteiger partial charge in [0, 0.05) is 12.2 Å². The largest absolute Gasteiger partial charge is 0.399 e. The number of nitrogens with one attached hydrogen (secondary N) is 1. The average molecular weight is 327 g/mol. The van der Waals surface area contributed by atoms with E-state index in [0.717, 1.165) is 11.3 Å². The fraction of sp³-hybridized carbons (Fsp3) is 0.385. The molecule has 21 heavy (non-hydrogen) atoms. The Hall–Kier alpha value is -1.67. The third-order valence-corrected chi connectivity index (χ3v) is 5.78. The Balaban J connectivity index is 2.19. The van der Waals surface area contributed by atoms with E-state index in [-0.39, 0.29) is 10.3 Å². The number of thiazole rings is 1. The number of carbonyl (C=O) groups is 1. The van der Waals surface area contributed by atoms with Crippen LogP contribution < -0.4 is 11.1 Å². The van der Waals surface area contributed by atoms with Gasteiger partial charge >= 0.3 is 0 Å². The van der Waals surface area contributed by atoms with Crippen LogP contribution in [0, 0.1) is 5.92 Å². The topological polar surface area (TPSA) is 102 Å². The molecule has 0 radical (unpaired) electrons. The Morgan fingerprint density at radius 3 is 2.81 bits per heavy atom. The van der Waals surface area contributed by atoms with Crippen LogP contribution in [-0.4, -0.2) is 31.6 Å². The second kappa shape index (κ2) is 5.98. The van der Waals surface area contributed by atoms with Crippen LogP contribution in [0.3, 0.4) is 0 Å². The summed E-state index contributed by atoms with van der Waals surface area (Å²) in [5.74, 6) is -0.834. The number of nitrogen functional groups attached to an aromatic ring is 1. The van der Waals surface area contributed by atoms with Crippen molar-refractivity contribution < 1.29 is 13.2 Å². The Bertz CT molecular complexity index is 766. The smallest absolute Gasteiger partial charge is 0.235 e. The van der Waals surface area contributed by atoms with Crippen LogP contribution in [0.2, 0.25) is 0 Å². The molecule has 114 valence electrons. The molecule has 1 aromatic heterocycles. The summed E-state index contributed by atoms with van der Waals surface area (Å²) in [4.78, 5) is 15.7. The van der Waals surface area contributed by atoms with Crippen LogP contribution in [0.25, 0.3) is 10.2 Å². The number of hydrogen-bond acceptors (Lipinski definition) is 6. The van der Waals surface area contributed by atoms with Gasteiger partial charge in [-0.15, -0.1) is 11.3 Å². The maximum atomic E-state index is 12.2. The SMILES string of the molecule is CC(C)CNC(=O)CS(=O)(=O)c1nc2ccc(N)cc2s1. The predicted molar refractivity (Wildman–Crippen MR) is 83.9 cm³/mol. The number of sulfone groups is 1. The van der Waals surface area contributed by atoms with Gasteiger partial charge in [0.25, 0.3) is 0 Å². The molecule has 1 heterocycles. The van der Waals surface area contributed by atoms with Crippen LogP contribution in [0.4, 0.5) is 5.69 Å². The predicted octanol–water partition coefficient (Wildman–Crippen LogP) is 1.42. The number of carbonyl (C=O) groups excluding carboxylic acids is 1. The molecule has 3 N–H and O–H groups in total. The molecular weight excluding hydrogens is 310 g/mol. The van der Waals surface area contributed by atoms with Gasteiger partial charge in [0.1, 0.15) is 5.75 Å². The van der Waals surface area contributed by atoms with E-state index in [1.165, 1.54) is 0 Å². The van der Waals surface area contributed by atoms with Crippen molar-refractivity contribution in [3.05, 3.63) is 18.2 Å². The van der Waals surface area contributed by atoms with Gasteiger partial charge in [-0.1, -0.05) is 13.8 Å². The van der Waals surface area contributed by atoms with E-state index in [9.17, 15) is 13.2 Å². The van der Waals surface area contributed by atoms with Crippen LogP contribution in [0.15, 0.2) is 22.5 Å². The molecular formula is C13H17N3O3S2. The Morgan fingerprint density at radius 2 is 2.14 bits per heavy atom. The maximum Gasteiger partial charge on any atom is 0.235 e. The van der Waals surface area contributed by atoms with Gasteiger partial charge in [-0.05, 0) is 24.1 Å². The molecule has 0 spiro atoms. The number of fused-ring (bicyclic) bond motifs is 1. The second-order valence-electron chi connectivity index (χ2n) is 5.16. The highest BCUT2D eigenvalue weighted by atomic mass is 32.2. The van der Waals surface area contributed by atoms with Gasteiger partial charge in [0.2, 0.25) is 20.1 Å². The summed E-state index contributed by atoms with van der Waals surface area (Å²) < 4.78 is 25.0. The zero-order valence-electron chi connectivity index (χ0n) is 11.8. The van der Waals surface area contributed by atoms with Gasteiger partial charge in [0.05, 0.1) is 10.2 Å². The van der Waals surface area contributed by atoms with Gasteiger partial charge in [-0.2, -0.15) is 0 Å². The highest BCUT2D eigenvalue weighted by Crippen LogP contribution is 2.27. The van der Waals surface area contributed by atoms with E-state index >= 15 is 0 Å². The molecule has 2 rings (SSSR count). The molecule has 0 saturated heterocycles. The van der Waals surface area contributed by atoms with Crippen LogP contribution in [0.5, 0.6) is 0 Å². The van der Waals surface area contributed by atoms with E-state index in [1.807, 2.05) is 13.8 Å². The van der Waals surface area contributed by atoms with Crippen molar-refractivity contribution in [2.75, 3.05) is 18.0 Å². The number of anilines is 1. The van der Waals surface area contributed by atoms with Gasteiger partial charge in [-0.3, -0.25) is 4.79 Å². The van der Waals surface area contributed by atoms with Crippen molar-refractivity contribution in [1.82, 2.24) is 10.3 Å². The molecule has 0 aliphatic rings. The molecule has 1 amide bonds. The lowest BCUT2D eigenvalue weighted by molar-refractivity contribution is -0.118. The Labute approximate surface area is 127 Å². The summed E-state index contributed by atoms with van der Waals surface area (Å²) in [7, 11) is -3.73. The molecule has 8 heteroatoms. The van der Waals surface area contributed by atoms with Crippen LogP contribution in [-0.2, 0) is 14.6 Å². The van der Waals surface area contributed by atoms with E-state index in [4.69, 9.17) is 5.73 Å². The minimum absolute atomic E-state index is 0.0530. The lowest BCUT2D eigenvalue weighted by Crippen LogP contribution is -2.32. The quantitative estimate of drug-likeness (QED) is 0.809. The number of rotatable bonds is 5. The molecule has 0 aliphatic heterocycles. The van der Waals surface area contributed by atoms with Gasteiger partial charge in [0.15, 0.2) is 0 Å². The summed E-state index contributed by atoms with van der Waals surface area (Å²) in [6.45, 7) is 4.32. The fourth-order valence-electron chi connectivity index (χ4n) is 1.66. The lowest BCUT2D eigenvalue weighted by atomic mass is 10.2. The van der Waals surface area contributed by atoms with Crippen molar-refractivity contribution in [2.24, 2.45) is 5.92 Å². The summed E-state index contributed by atoms with van der Waals surface area (Å²) in [5.41, 5.74) is 6.77. The number of nitrogens with zero attached hydrogens (tertiary/aromatic N) is 1. The molecule has 0 bridgehead atoms. The highest BCUT2D eigenvalue weighted by molar-refractivity contribution is 7.94. The number of aromatic nitrogens is 1. The van der Waals surface area contributed by atoms with Crippen LogP contribution >= 0.6 is 11.3 Å². The van der Waals surface area contributed by atoms with Gasteiger partial charge in [-0.25, -0.2) is 13.4 Å². The summed E-state index contributed by atoms with van der Waals surface area (Å²) >= 11 is 1.03. The summed E-state index contributed by atoms with van der Waals surface area (Å²) in [6.07, 6.45) is 0. The first-order valence-corrected chi connectivity index (χ1v) is 8.90. The molecule has 0 unspecified atom stereocenters. The van der Waals surface area contributed by atoms with E-state index in [2.05, 4.69) is 10.3 Å². The third-order valence-electron chi connectivity index (χ3n) is 2.69. The minimum atomic E-state index is -3.73. The van der Waals surface area contributed by atoms with Crippen molar-refractivity contribution in [2.45, 2.75) is 18.2 Å². The summed E-state index contributed by atoms with van der Waals surface area (Å²) in [5, 5.41) is 2.59. The first-order valence-electron chi connectivity index (χ1n) is 6.43. The molecule has 6 nitrogen and oxygen atoms in total. The number of hydrogen-bond donors (Lipinski definition) is 2. The zero-order chi connectivity index (χ0) is 15.6. The van der Waals surface area contributed by atoms with Crippen molar-refractivity contribution in [3.63, 3.8) is 0 Å². The van der Waals surface area contributed by atoms with E-state index < -0.39 is 21.5 Å². The maximum absolute atomic E-state index is 12.2. The lowest BCUT2D eigenvalue weighted by Gasteiger charge is -2.06. The van der Waals surface area contributed by atoms with E-state index in [0.29, 0.717) is 22.4 Å². The van der Waals surface area contributed by atoms with Crippen molar-refractivity contribution in [1.29, 1.82) is 0 Å². The number of nitrogens with two attached hydrogens (primary N) is 1. The Morgan fingerprint density at radius 1 is 1.43 bits per heavy atom. The van der Waals surface area contributed by atoms with Gasteiger partial charge < -0.3 is 11.1 Å². The van der Waals surface area contributed by atoms with E-state index in [1.54, 1.807) is 18.2 Å². The normalized spacial score (nSPS) is 12.0. The number of amides is 1. The fourth-order valence-corrected chi connectivity index (χ4v) is 4.16. The monoisotopic (exact) mass is 327 g/mol. The van der Waals surface area contributed by atoms with Crippen molar-refractivity contribution >= 4 is 43.0 Å². The first kappa shape index (κ1) is 15.7. The Kier molecular flexibility index (Phi) is 4.48. The summed E-state index contributed by atoms with van der Waals surface area (Å²) in [6, 6.07) is 5.00. The first-order chi connectivity index (χ1) is 9.78. The molecule has 2 aromatic rings. The van der Waals surface area contributed by atoms with Crippen molar-refractivity contribution in [3.8, 4) is 0 Å². The van der Waals surface area contributed by atoms with Crippen LogP contribution in [0.1, 0.15) is 13.8 Å². The molecule has 0 atom stereocenters. The minimum Gasteiger partial charge on any atom is -0.399 e. The highest BCUT2D eigenvalue weighted by Gasteiger charge is 2.23. The standard InChI is InChI=1S/C13H17N3O3S2/c1-8(2)6-15-12(17)7-21(18,19)13-16-10-4-3-9(14)5-11(10)20-13/h3-5,8H,6-7,14H2,1-2H3,(H,15,17). The molecule has 0 saturated carbocycles. The second-order valence-corrected chi connectivity index (χ2v) is 8.36. The molecule has 1 aromatic carbocycles. The zero-order valence-corrected chi connectivity index (χ0v) is 13.4. The molecule has 0 aliphatic carbocycles. The number of benzene rings is 1. The molecule has 0 fully saturated rings.